The normalized spacial score (nSPS) is 9.15. The lowest BCUT2D eigenvalue weighted by Gasteiger charge is -2.00. The van der Waals surface area contributed by atoms with Gasteiger partial charge in [0, 0.05) is 18.1 Å². The molecular weight excluding hydrogens is 168 g/mol. The van der Waals surface area contributed by atoms with E-state index < -0.39 is 5.97 Å². The fourth-order valence-corrected chi connectivity index (χ4v) is 0.976. The number of carbonyl (C=O) groups is 1. The van der Waals surface area contributed by atoms with Gasteiger partial charge in [0.05, 0.1) is 0 Å². The van der Waals surface area contributed by atoms with Gasteiger partial charge in [0.15, 0.2) is 4.98 Å². The molecule has 0 aliphatic carbocycles. The number of carboxylic acids is 1. The molecule has 0 aliphatic heterocycles. The Morgan fingerprint density at radius 2 is 2.00 bits per heavy atom. The SMILES string of the molecule is N#[N+]c1ccc(CCC(=O)[O-])cc1. The van der Waals surface area contributed by atoms with Crippen LogP contribution in [0.25, 0.3) is 4.98 Å². The van der Waals surface area contributed by atoms with Crippen molar-refractivity contribution in [2.24, 2.45) is 0 Å². The summed E-state index contributed by atoms with van der Waals surface area (Å²) in [7, 11) is 0. The van der Waals surface area contributed by atoms with Crippen LogP contribution in [0, 0.1) is 5.39 Å². The van der Waals surface area contributed by atoms with E-state index in [1.165, 1.54) is 0 Å². The number of benzene rings is 1. The Balaban J connectivity index is 2.60. The van der Waals surface area contributed by atoms with Gasteiger partial charge in [-0.15, -0.1) is 0 Å². The standard InChI is InChI=1S/C9H8N2O2/c10-11-8-4-1-7(2-5-8)3-6-9(12)13/h1-2,4-5H,3,6H2. The summed E-state index contributed by atoms with van der Waals surface area (Å²) >= 11 is 0. The van der Waals surface area contributed by atoms with E-state index >= 15 is 0 Å². The van der Waals surface area contributed by atoms with Crippen LogP contribution in [0.15, 0.2) is 24.3 Å². The fourth-order valence-electron chi connectivity index (χ4n) is 0.976. The summed E-state index contributed by atoms with van der Waals surface area (Å²) in [6, 6.07) is 6.67. The van der Waals surface area contributed by atoms with Crippen LogP contribution in [0.3, 0.4) is 0 Å². The number of diazo groups is 1. The van der Waals surface area contributed by atoms with Gasteiger partial charge in [-0.05, 0) is 18.4 Å². The van der Waals surface area contributed by atoms with E-state index in [1.54, 1.807) is 24.3 Å². The summed E-state index contributed by atoms with van der Waals surface area (Å²) in [5.41, 5.74) is 1.34. The quantitative estimate of drug-likeness (QED) is 0.641. The highest BCUT2D eigenvalue weighted by atomic mass is 16.4. The molecule has 1 rings (SSSR count). The second-order valence-electron chi connectivity index (χ2n) is 2.64. The van der Waals surface area contributed by atoms with Crippen molar-refractivity contribution in [1.82, 2.24) is 0 Å². The van der Waals surface area contributed by atoms with Crippen molar-refractivity contribution >= 4 is 11.7 Å². The predicted octanol–water partition coefficient (Wildman–Crippen LogP) is 0.854. The summed E-state index contributed by atoms with van der Waals surface area (Å²) in [5.74, 6) is -1.06. The van der Waals surface area contributed by atoms with Crippen LogP contribution in [0.5, 0.6) is 0 Å². The lowest BCUT2D eigenvalue weighted by molar-refractivity contribution is -0.305. The molecule has 0 heterocycles. The molecule has 1 aromatic carbocycles. The molecule has 1 aromatic rings. The number of carboxylic acid groups (broad SMARTS) is 1. The summed E-state index contributed by atoms with van der Waals surface area (Å²) in [6.07, 6.45) is 0.448. The maximum absolute atomic E-state index is 10.1. The van der Waals surface area contributed by atoms with E-state index in [0.717, 1.165) is 5.56 Å². The van der Waals surface area contributed by atoms with Crippen LogP contribution in [0.1, 0.15) is 12.0 Å². The smallest absolute Gasteiger partial charge is 0.385 e. The maximum atomic E-state index is 10.1. The fraction of sp³-hybridized carbons (Fsp3) is 0.222. The minimum absolute atomic E-state index is 0.00954. The van der Waals surface area contributed by atoms with Crippen LogP contribution < -0.4 is 5.11 Å². The number of carbonyl (C=O) groups excluding carboxylic acids is 1. The third kappa shape index (κ3) is 2.91. The number of aryl methyl sites for hydroxylation is 1. The van der Waals surface area contributed by atoms with Crippen LogP contribution in [-0.2, 0) is 11.2 Å². The third-order valence-corrected chi connectivity index (χ3v) is 1.67. The molecule has 0 aliphatic rings. The topological polar surface area (TPSA) is 68.3 Å². The van der Waals surface area contributed by atoms with Gasteiger partial charge in [-0.1, -0.05) is 12.1 Å². The first-order chi connectivity index (χ1) is 6.22. The second kappa shape index (κ2) is 4.21. The minimum Gasteiger partial charge on any atom is -0.550 e. The largest absolute Gasteiger partial charge is 0.550 e. The van der Waals surface area contributed by atoms with Gasteiger partial charge in [-0.3, -0.25) is 0 Å². The van der Waals surface area contributed by atoms with Gasteiger partial charge < -0.3 is 9.90 Å². The van der Waals surface area contributed by atoms with Crippen molar-refractivity contribution in [3.8, 4) is 0 Å². The van der Waals surface area contributed by atoms with Crippen molar-refractivity contribution in [3.63, 3.8) is 0 Å². The zero-order chi connectivity index (χ0) is 9.68. The highest BCUT2D eigenvalue weighted by molar-refractivity contribution is 5.64. The van der Waals surface area contributed by atoms with Crippen LogP contribution in [-0.4, -0.2) is 5.97 Å². The van der Waals surface area contributed by atoms with Crippen LogP contribution >= 0.6 is 0 Å². The van der Waals surface area contributed by atoms with Crippen molar-refractivity contribution in [2.45, 2.75) is 12.8 Å². The van der Waals surface area contributed by atoms with Gasteiger partial charge in [0.1, 0.15) is 0 Å². The molecule has 0 aromatic heterocycles. The van der Waals surface area contributed by atoms with Gasteiger partial charge >= 0.3 is 5.69 Å². The Kier molecular flexibility index (Phi) is 2.98. The average molecular weight is 176 g/mol. The molecule has 0 amide bonds. The molecule has 4 heteroatoms. The van der Waals surface area contributed by atoms with E-state index in [9.17, 15) is 9.90 Å². The van der Waals surface area contributed by atoms with E-state index in [4.69, 9.17) is 5.39 Å². The molecular formula is C9H8N2O2. The Morgan fingerprint density at radius 3 is 2.46 bits per heavy atom. The number of rotatable bonds is 3. The molecule has 66 valence electrons. The van der Waals surface area contributed by atoms with E-state index in [0.29, 0.717) is 12.1 Å². The molecule has 0 fully saturated rings. The van der Waals surface area contributed by atoms with Crippen molar-refractivity contribution in [3.05, 3.63) is 34.8 Å². The van der Waals surface area contributed by atoms with Crippen molar-refractivity contribution < 1.29 is 9.90 Å². The lowest BCUT2D eigenvalue weighted by atomic mass is 10.1. The first kappa shape index (κ1) is 9.20. The molecule has 0 atom stereocenters. The number of hydrogen-bond acceptors (Lipinski definition) is 3. The molecule has 0 saturated heterocycles. The number of hydrogen-bond donors (Lipinski definition) is 0. The number of aliphatic carboxylic acids is 1. The molecule has 0 saturated carbocycles. The Hall–Kier alpha value is -1.89. The Bertz CT molecular complexity index is 338. The average Bonchev–Trinajstić information content (AvgIpc) is 2.15. The molecule has 13 heavy (non-hydrogen) atoms. The van der Waals surface area contributed by atoms with Gasteiger partial charge in [0.2, 0.25) is 5.39 Å². The zero-order valence-corrected chi connectivity index (χ0v) is 6.93. The Labute approximate surface area is 75.4 Å². The molecule has 0 radical (unpaired) electrons. The summed E-state index contributed by atoms with van der Waals surface area (Å²) < 4.78 is 0. The van der Waals surface area contributed by atoms with Crippen LogP contribution in [0.2, 0.25) is 0 Å². The first-order valence-electron chi connectivity index (χ1n) is 3.86. The van der Waals surface area contributed by atoms with E-state index in [1.807, 2.05) is 0 Å². The van der Waals surface area contributed by atoms with E-state index in [-0.39, 0.29) is 6.42 Å². The first-order valence-corrected chi connectivity index (χ1v) is 3.86. The molecule has 0 bridgehead atoms. The molecule has 0 spiro atoms. The van der Waals surface area contributed by atoms with Gasteiger partial charge in [0.25, 0.3) is 0 Å². The van der Waals surface area contributed by atoms with Crippen molar-refractivity contribution in [2.75, 3.05) is 0 Å². The maximum Gasteiger partial charge on any atom is 0.385 e. The summed E-state index contributed by atoms with van der Waals surface area (Å²) in [4.78, 5) is 13.1. The molecule has 4 nitrogen and oxygen atoms in total. The highest BCUT2D eigenvalue weighted by Crippen LogP contribution is 2.13. The van der Waals surface area contributed by atoms with Gasteiger partial charge in [-0.25, -0.2) is 0 Å². The van der Waals surface area contributed by atoms with Crippen molar-refractivity contribution in [1.29, 1.82) is 5.39 Å². The predicted molar refractivity (Wildman–Crippen MR) is 44.5 cm³/mol. The molecule has 0 unspecified atom stereocenters. The summed E-state index contributed by atoms with van der Waals surface area (Å²) in [6.45, 7) is 0. The molecule has 0 N–H and O–H groups in total. The van der Waals surface area contributed by atoms with Crippen LogP contribution in [0.4, 0.5) is 5.69 Å². The van der Waals surface area contributed by atoms with E-state index in [2.05, 4.69) is 4.98 Å². The lowest BCUT2D eigenvalue weighted by Crippen LogP contribution is -2.22. The monoisotopic (exact) mass is 176 g/mol. The summed E-state index contributed by atoms with van der Waals surface area (Å²) in [5, 5.41) is 18.5. The zero-order valence-electron chi connectivity index (χ0n) is 6.93. The van der Waals surface area contributed by atoms with Gasteiger partial charge in [-0.2, -0.15) is 0 Å². The number of nitrogens with zero attached hydrogens (tertiary/aromatic N) is 2. The second-order valence-corrected chi connectivity index (χ2v) is 2.64. The highest BCUT2D eigenvalue weighted by Gasteiger charge is 2.02. The minimum atomic E-state index is -1.06. The third-order valence-electron chi connectivity index (χ3n) is 1.67. The Morgan fingerprint density at radius 1 is 1.38 bits per heavy atom.